The number of rotatable bonds is 8. The highest BCUT2D eigenvalue weighted by Gasteiger charge is 2.15. The number of ether oxygens (including phenoxy) is 2. The van der Waals surface area contributed by atoms with E-state index < -0.39 is 0 Å². The molecule has 0 saturated heterocycles. The molecule has 3 nitrogen and oxygen atoms in total. The Hall–Kier alpha value is -0.120. The van der Waals surface area contributed by atoms with Crippen molar-refractivity contribution >= 4 is 0 Å². The van der Waals surface area contributed by atoms with Gasteiger partial charge < -0.3 is 14.8 Å². The van der Waals surface area contributed by atoms with Crippen molar-refractivity contribution in [2.24, 2.45) is 0 Å². The minimum Gasteiger partial charge on any atom is -0.379 e. The Kier molecular flexibility index (Phi) is 7.09. The summed E-state index contributed by atoms with van der Waals surface area (Å²) >= 11 is 0. The molecule has 1 aliphatic rings. The van der Waals surface area contributed by atoms with Crippen LogP contribution in [0.1, 0.15) is 52.4 Å². The molecule has 0 aromatic carbocycles. The average molecular weight is 243 g/mol. The van der Waals surface area contributed by atoms with E-state index >= 15 is 0 Å². The second-order valence-corrected chi connectivity index (χ2v) is 5.59. The van der Waals surface area contributed by atoms with Crippen LogP contribution in [-0.2, 0) is 9.47 Å². The van der Waals surface area contributed by atoms with Crippen molar-refractivity contribution in [2.45, 2.75) is 64.1 Å². The summed E-state index contributed by atoms with van der Waals surface area (Å²) in [4.78, 5) is 0. The number of methoxy groups -OCH3 is 1. The van der Waals surface area contributed by atoms with Crippen molar-refractivity contribution in [3.63, 3.8) is 0 Å². The highest BCUT2D eigenvalue weighted by atomic mass is 16.5. The maximum absolute atomic E-state index is 5.85. The van der Waals surface area contributed by atoms with Gasteiger partial charge in [0.05, 0.1) is 18.3 Å². The first-order valence-electron chi connectivity index (χ1n) is 7.01. The van der Waals surface area contributed by atoms with Gasteiger partial charge in [0.1, 0.15) is 0 Å². The molecule has 0 unspecified atom stereocenters. The highest BCUT2D eigenvalue weighted by Crippen LogP contribution is 2.19. The van der Waals surface area contributed by atoms with E-state index in [9.17, 15) is 0 Å². The minimum atomic E-state index is -0.0166. The highest BCUT2D eigenvalue weighted by molar-refractivity contribution is 4.69. The third kappa shape index (κ3) is 7.02. The number of hydrogen-bond acceptors (Lipinski definition) is 3. The molecule has 0 bridgehead atoms. The van der Waals surface area contributed by atoms with Crippen LogP contribution >= 0.6 is 0 Å². The fourth-order valence-electron chi connectivity index (χ4n) is 2.15. The zero-order chi connectivity index (χ0) is 12.6. The molecule has 0 heterocycles. The molecule has 1 N–H and O–H groups in total. The molecule has 1 aliphatic carbocycles. The lowest BCUT2D eigenvalue weighted by Gasteiger charge is -2.24. The zero-order valence-electron chi connectivity index (χ0n) is 11.8. The number of hydrogen-bond donors (Lipinski definition) is 1. The van der Waals surface area contributed by atoms with Crippen LogP contribution < -0.4 is 5.32 Å². The Balaban J connectivity index is 1.90. The van der Waals surface area contributed by atoms with Crippen molar-refractivity contribution in [1.29, 1.82) is 0 Å². The summed E-state index contributed by atoms with van der Waals surface area (Å²) < 4.78 is 11.2. The SMILES string of the molecule is COC(C)(C)CCNCCOC1CCCCC1. The molecule has 1 rings (SSSR count). The lowest BCUT2D eigenvalue weighted by Crippen LogP contribution is -2.31. The predicted molar refractivity (Wildman–Crippen MR) is 71.4 cm³/mol. The second-order valence-electron chi connectivity index (χ2n) is 5.59. The molecule has 0 aromatic rings. The topological polar surface area (TPSA) is 30.5 Å². The molecule has 0 amide bonds. The van der Waals surface area contributed by atoms with Crippen LogP contribution in [0.15, 0.2) is 0 Å². The molecule has 0 radical (unpaired) electrons. The van der Waals surface area contributed by atoms with E-state index in [0.717, 1.165) is 26.1 Å². The third-order valence-electron chi connectivity index (χ3n) is 3.64. The smallest absolute Gasteiger partial charge is 0.0634 e. The first-order valence-corrected chi connectivity index (χ1v) is 7.01. The van der Waals surface area contributed by atoms with Crippen LogP contribution in [0.3, 0.4) is 0 Å². The van der Waals surface area contributed by atoms with Crippen LogP contribution in [0.2, 0.25) is 0 Å². The summed E-state index contributed by atoms with van der Waals surface area (Å²) in [5, 5.41) is 3.41. The fraction of sp³-hybridized carbons (Fsp3) is 1.00. The van der Waals surface area contributed by atoms with Crippen molar-refractivity contribution in [1.82, 2.24) is 5.32 Å². The Bertz CT molecular complexity index is 189. The van der Waals surface area contributed by atoms with Gasteiger partial charge in [-0.15, -0.1) is 0 Å². The summed E-state index contributed by atoms with van der Waals surface area (Å²) in [7, 11) is 1.77. The molecular weight excluding hydrogens is 214 g/mol. The fourth-order valence-corrected chi connectivity index (χ4v) is 2.15. The van der Waals surface area contributed by atoms with Crippen molar-refractivity contribution < 1.29 is 9.47 Å². The first-order chi connectivity index (χ1) is 8.14. The van der Waals surface area contributed by atoms with Crippen LogP contribution in [-0.4, -0.2) is 38.5 Å². The van der Waals surface area contributed by atoms with Gasteiger partial charge in [0.25, 0.3) is 0 Å². The van der Waals surface area contributed by atoms with E-state index in [1.54, 1.807) is 7.11 Å². The molecular formula is C14H29NO2. The molecule has 0 spiro atoms. The minimum absolute atomic E-state index is 0.0166. The number of nitrogens with one attached hydrogen (secondary N) is 1. The average Bonchev–Trinajstić information content (AvgIpc) is 2.35. The second kappa shape index (κ2) is 8.06. The van der Waals surface area contributed by atoms with E-state index in [1.807, 2.05) is 0 Å². The van der Waals surface area contributed by atoms with Crippen LogP contribution in [0.4, 0.5) is 0 Å². The van der Waals surface area contributed by atoms with Crippen LogP contribution in [0.5, 0.6) is 0 Å². The van der Waals surface area contributed by atoms with E-state index in [4.69, 9.17) is 9.47 Å². The maximum atomic E-state index is 5.85. The molecule has 102 valence electrons. The van der Waals surface area contributed by atoms with E-state index in [1.165, 1.54) is 32.1 Å². The Morgan fingerprint density at radius 1 is 1.12 bits per heavy atom. The lowest BCUT2D eigenvalue weighted by molar-refractivity contribution is 0.0128. The first kappa shape index (κ1) is 14.9. The molecule has 17 heavy (non-hydrogen) atoms. The van der Waals surface area contributed by atoms with Crippen LogP contribution in [0, 0.1) is 0 Å². The molecule has 1 fully saturated rings. The third-order valence-corrected chi connectivity index (χ3v) is 3.64. The van der Waals surface area contributed by atoms with E-state index in [2.05, 4.69) is 19.2 Å². The Labute approximate surface area is 106 Å². The predicted octanol–water partition coefficient (Wildman–Crippen LogP) is 2.74. The van der Waals surface area contributed by atoms with Gasteiger partial charge in [-0.3, -0.25) is 0 Å². The largest absolute Gasteiger partial charge is 0.379 e. The maximum Gasteiger partial charge on any atom is 0.0634 e. The zero-order valence-corrected chi connectivity index (χ0v) is 11.8. The van der Waals surface area contributed by atoms with Gasteiger partial charge in [-0.05, 0) is 39.7 Å². The van der Waals surface area contributed by atoms with Gasteiger partial charge in [-0.25, -0.2) is 0 Å². The quantitative estimate of drug-likeness (QED) is 0.665. The van der Waals surface area contributed by atoms with Gasteiger partial charge in [0.2, 0.25) is 0 Å². The summed E-state index contributed by atoms with van der Waals surface area (Å²) in [6, 6.07) is 0. The normalized spacial score (nSPS) is 18.5. The monoisotopic (exact) mass is 243 g/mol. The van der Waals surface area contributed by atoms with Crippen molar-refractivity contribution in [3.05, 3.63) is 0 Å². The molecule has 1 saturated carbocycles. The molecule has 0 aromatic heterocycles. The molecule has 3 heteroatoms. The summed E-state index contributed by atoms with van der Waals surface area (Å²) in [6.45, 7) is 7.03. The summed E-state index contributed by atoms with van der Waals surface area (Å²) in [5.74, 6) is 0. The van der Waals surface area contributed by atoms with Crippen molar-refractivity contribution in [2.75, 3.05) is 26.8 Å². The van der Waals surface area contributed by atoms with Gasteiger partial charge in [0.15, 0.2) is 0 Å². The lowest BCUT2D eigenvalue weighted by atomic mass is 9.98. The standard InChI is InChI=1S/C14H29NO2/c1-14(2,16-3)9-10-15-11-12-17-13-7-5-4-6-8-13/h13,15H,4-12H2,1-3H3. The van der Waals surface area contributed by atoms with Gasteiger partial charge in [-0.1, -0.05) is 19.3 Å². The molecule has 0 atom stereocenters. The summed E-state index contributed by atoms with van der Waals surface area (Å²) in [6.07, 6.45) is 8.17. The van der Waals surface area contributed by atoms with Gasteiger partial charge >= 0.3 is 0 Å². The molecule has 0 aliphatic heterocycles. The van der Waals surface area contributed by atoms with Crippen molar-refractivity contribution in [3.8, 4) is 0 Å². The van der Waals surface area contributed by atoms with E-state index in [-0.39, 0.29) is 5.60 Å². The summed E-state index contributed by atoms with van der Waals surface area (Å²) in [5.41, 5.74) is -0.0166. The van der Waals surface area contributed by atoms with Crippen LogP contribution in [0.25, 0.3) is 0 Å². The Morgan fingerprint density at radius 2 is 1.82 bits per heavy atom. The van der Waals surface area contributed by atoms with Gasteiger partial charge in [-0.2, -0.15) is 0 Å². The van der Waals surface area contributed by atoms with E-state index in [0.29, 0.717) is 6.10 Å². The Morgan fingerprint density at radius 3 is 2.47 bits per heavy atom. The van der Waals surface area contributed by atoms with Gasteiger partial charge in [0, 0.05) is 13.7 Å².